The Morgan fingerprint density at radius 3 is 2.39 bits per heavy atom. The van der Waals surface area contributed by atoms with Crippen molar-refractivity contribution in [3.63, 3.8) is 0 Å². The number of hydrogen-bond acceptors (Lipinski definition) is 7. The maximum absolute atomic E-state index is 12.3. The van der Waals surface area contributed by atoms with Crippen molar-refractivity contribution >= 4 is 40.2 Å². The number of hydrogen-bond donors (Lipinski definition) is 2. The Hall–Kier alpha value is -3.60. The second-order valence-corrected chi connectivity index (χ2v) is 7.14. The summed E-state index contributed by atoms with van der Waals surface area (Å²) in [4.78, 5) is 39.4. The Bertz CT molecular complexity index is 1010. The molecule has 2 heterocycles. The Morgan fingerprint density at radius 1 is 1.21 bits per heavy atom. The molecule has 0 bridgehead atoms. The number of amides is 2. The lowest BCUT2D eigenvalue weighted by Crippen LogP contribution is -2.24. The van der Waals surface area contributed by atoms with Crippen LogP contribution >= 0.6 is 11.3 Å². The van der Waals surface area contributed by atoms with Gasteiger partial charge in [0.2, 0.25) is 5.91 Å². The molecule has 0 radical (unpaired) electrons. The largest absolute Gasteiger partial charge is 0.324 e. The van der Waals surface area contributed by atoms with Gasteiger partial charge in [-0.05, 0) is 38.1 Å². The quantitative estimate of drug-likeness (QED) is 0.483. The van der Waals surface area contributed by atoms with Crippen LogP contribution in [-0.2, 0) is 4.79 Å². The van der Waals surface area contributed by atoms with Crippen molar-refractivity contribution in [2.45, 2.75) is 19.9 Å². The van der Waals surface area contributed by atoms with E-state index in [1.165, 1.54) is 23.4 Å². The monoisotopic (exact) mass is 400 g/mol. The van der Waals surface area contributed by atoms with Crippen molar-refractivity contribution < 1.29 is 14.5 Å². The third kappa shape index (κ3) is 4.20. The predicted octanol–water partition coefficient (Wildman–Crippen LogP) is 3.01. The molecule has 3 rings (SSSR count). The molecule has 144 valence electrons. The minimum atomic E-state index is -0.528. The number of rotatable bonds is 6. The molecule has 11 heteroatoms. The van der Waals surface area contributed by atoms with Gasteiger partial charge in [0, 0.05) is 17.4 Å². The van der Waals surface area contributed by atoms with Gasteiger partial charge in [-0.1, -0.05) is 0 Å². The second kappa shape index (κ2) is 7.96. The highest BCUT2D eigenvalue weighted by Gasteiger charge is 2.20. The lowest BCUT2D eigenvalue weighted by molar-refractivity contribution is -0.385. The summed E-state index contributed by atoms with van der Waals surface area (Å²) in [6.07, 6.45) is 2.81. The van der Waals surface area contributed by atoms with E-state index in [4.69, 9.17) is 0 Å². The van der Waals surface area contributed by atoms with E-state index in [-0.39, 0.29) is 16.5 Å². The summed E-state index contributed by atoms with van der Waals surface area (Å²) >= 11 is 1.06. The summed E-state index contributed by atoms with van der Waals surface area (Å²) in [7, 11) is 0. The van der Waals surface area contributed by atoms with Crippen molar-refractivity contribution in [3.8, 4) is 0 Å². The van der Waals surface area contributed by atoms with E-state index in [1.807, 2.05) is 0 Å². The lowest BCUT2D eigenvalue weighted by Gasteiger charge is -2.12. The number of carbonyl (C=O) groups excluding carboxylic acids is 2. The summed E-state index contributed by atoms with van der Waals surface area (Å²) in [6.45, 7) is 3.29. The standard InChI is InChI=1S/C17H16N6O4S/c1-10(22-9-18-8-19-22)16(24)20-12-3-5-13(6-4-12)21-17(25)15-7-14(23(26)27)11(2)28-15/h3-10H,1-2H3,(H,20,24)(H,21,25). The van der Waals surface area contributed by atoms with Crippen molar-refractivity contribution in [2.24, 2.45) is 0 Å². The molecule has 1 aromatic carbocycles. The maximum Gasteiger partial charge on any atom is 0.283 e. The van der Waals surface area contributed by atoms with E-state index in [0.29, 0.717) is 16.3 Å². The van der Waals surface area contributed by atoms with Gasteiger partial charge >= 0.3 is 0 Å². The fourth-order valence-electron chi connectivity index (χ4n) is 2.38. The zero-order valence-corrected chi connectivity index (χ0v) is 15.8. The molecule has 3 aromatic rings. The number of benzene rings is 1. The zero-order chi connectivity index (χ0) is 20.3. The van der Waals surface area contributed by atoms with Crippen LogP contribution in [0.5, 0.6) is 0 Å². The number of carbonyl (C=O) groups is 2. The molecule has 0 aliphatic carbocycles. The van der Waals surface area contributed by atoms with E-state index in [2.05, 4.69) is 20.7 Å². The summed E-state index contributed by atoms with van der Waals surface area (Å²) in [5.41, 5.74) is 0.980. The van der Waals surface area contributed by atoms with Crippen molar-refractivity contribution in [1.82, 2.24) is 14.8 Å². The highest BCUT2D eigenvalue weighted by Crippen LogP contribution is 2.28. The van der Waals surface area contributed by atoms with Crippen LogP contribution in [0.2, 0.25) is 0 Å². The van der Waals surface area contributed by atoms with Crippen LogP contribution < -0.4 is 10.6 Å². The zero-order valence-electron chi connectivity index (χ0n) is 14.9. The van der Waals surface area contributed by atoms with Crippen LogP contribution in [0.25, 0.3) is 0 Å². The molecule has 0 spiro atoms. The third-order valence-electron chi connectivity index (χ3n) is 3.94. The molecular weight excluding hydrogens is 384 g/mol. The average Bonchev–Trinajstić information content (AvgIpc) is 3.32. The molecule has 1 atom stereocenters. The Balaban J connectivity index is 1.62. The SMILES string of the molecule is Cc1sc(C(=O)Nc2ccc(NC(=O)C(C)n3cncn3)cc2)cc1[N+](=O)[O-]. The van der Waals surface area contributed by atoms with Gasteiger partial charge in [-0.25, -0.2) is 9.67 Å². The fourth-order valence-corrected chi connectivity index (χ4v) is 3.26. The third-order valence-corrected chi connectivity index (χ3v) is 4.97. The van der Waals surface area contributed by atoms with Crippen LogP contribution in [0.15, 0.2) is 43.0 Å². The summed E-state index contributed by atoms with van der Waals surface area (Å²) in [6, 6.07) is 7.27. The van der Waals surface area contributed by atoms with Gasteiger partial charge in [-0.15, -0.1) is 11.3 Å². The van der Waals surface area contributed by atoms with Gasteiger partial charge in [-0.2, -0.15) is 5.10 Å². The second-order valence-electron chi connectivity index (χ2n) is 5.88. The number of anilines is 2. The molecule has 28 heavy (non-hydrogen) atoms. The predicted molar refractivity (Wildman–Crippen MR) is 103 cm³/mol. The average molecular weight is 400 g/mol. The summed E-state index contributed by atoms with van der Waals surface area (Å²) in [5.74, 6) is -0.693. The van der Waals surface area contributed by atoms with Crippen LogP contribution in [0.1, 0.15) is 27.5 Å². The number of aryl methyl sites for hydroxylation is 1. The van der Waals surface area contributed by atoms with E-state index >= 15 is 0 Å². The first-order valence-electron chi connectivity index (χ1n) is 8.16. The van der Waals surface area contributed by atoms with Crippen molar-refractivity contribution in [3.05, 3.63) is 62.9 Å². The minimum Gasteiger partial charge on any atom is -0.324 e. The topological polar surface area (TPSA) is 132 Å². The van der Waals surface area contributed by atoms with Gasteiger partial charge in [0.15, 0.2) is 0 Å². The molecular formula is C17H16N6O4S. The van der Waals surface area contributed by atoms with Gasteiger partial charge < -0.3 is 10.6 Å². The Labute approximate surface area is 163 Å². The first kappa shape index (κ1) is 19.2. The van der Waals surface area contributed by atoms with Gasteiger partial charge in [-0.3, -0.25) is 19.7 Å². The normalized spacial score (nSPS) is 11.6. The number of nitrogens with zero attached hydrogens (tertiary/aromatic N) is 4. The van der Waals surface area contributed by atoms with Crippen molar-refractivity contribution in [2.75, 3.05) is 10.6 Å². The van der Waals surface area contributed by atoms with Crippen LogP contribution in [0.4, 0.5) is 17.1 Å². The van der Waals surface area contributed by atoms with Crippen molar-refractivity contribution in [1.29, 1.82) is 0 Å². The lowest BCUT2D eigenvalue weighted by atomic mass is 10.2. The number of aromatic nitrogens is 3. The molecule has 2 aromatic heterocycles. The molecule has 2 amide bonds. The van der Waals surface area contributed by atoms with E-state index in [0.717, 1.165) is 11.3 Å². The first-order valence-corrected chi connectivity index (χ1v) is 8.98. The Morgan fingerprint density at radius 2 is 1.86 bits per heavy atom. The van der Waals surface area contributed by atoms with E-state index in [9.17, 15) is 19.7 Å². The Kier molecular flexibility index (Phi) is 5.45. The first-order chi connectivity index (χ1) is 13.3. The molecule has 0 fully saturated rings. The summed E-state index contributed by atoms with van der Waals surface area (Å²) < 4.78 is 1.44. The molecule has 1 unspecified atom stereocenters. The molecule has 2 N–H and O–H groups in total. The van der Waals surface area contributed by atoms with E-state index < -0.39 is 16.9 Å². The number of thiophene rings is 1. The number of nitro groups is 1. The fraction of sp³-hybridized carbons (Fsp3) is 0.176. The van der Waals surface area contributed by atoms with Gasteiger partial charge in [0.1, 0.15) is 18.7 Å². The van der Waals surface area contributed by atoms with Gasteiger partial charge in [0.25, 0.3) is 11.6 Å². The highest BCUT2D eigenvalue weighted by atomic mass is 32.1. The minimum absolute atomic E-state index is 0.0743. The number of nitrogens with one attached hydrogen (secondary N) is 2. The maximum atomic E-state index is 12.3. The molecule has 10 nitrogen and oxygen atoms in total. The van der Waals surface area contributed by atoms with E-state index in [1.54, 1.807) is 38.1 Å². The highest BCUT2D eigenvalue weighted by molar-refractivity contribution is 7.14. The van der Waals surface area contributed by atoms with Crippen LogP contribution in [0.3, 0.4) is 0 Å². The van der Waals surface area contributed by atoms with Crippen LogP contribution in [-0.4, -0.2) is 31.5 Å². The van der Waals surface area contributed by atoms with Gasteiger partial charge in [0.05, 0.1) is 14.7 Å². The molecule has 0 saturated heterocycles. The smallest absolute Gasteiger partial charge is 0.283 e. The molecule has 0 saturated carbocycles. The molecule has 0 aliphatic rings. The van der Waals surface area contributed by atoms with Crippen LogP contribution in [0, 0.1) is 17.0 Å². The summed E-state index contributed by atoms with van der Waals surface area (Å²) in [5, 5.41) is 20.3. The molecule has 0 aliphatic heterocycles.